The summed E-state index contributed by atoms with van der Waals surface area (Å²) in [6.07, 6.45) is 17.7. The van der Waals surface area contributed by atoms with E-state index in [1.807, 2.05) is 6.08 Å². The monoisotopic (exact) mass is 350 g/mol. The number of aliphatic hydroxyl groups is 2. The minimum absolute atomic E-state index is 0.0153. The van der Waals surface area contributed by atoms with Crippen LogP contribution in [0.2, 0.25) is 0 Å². The van der Waals surface area contributed by atoms with E-state index in [1.54, 1.807) is 6.08 Å². The molecule has 0 aromatic rings. The SMILES string of the molecule is CCCC/C=C\C[C@@H]1[C@@H](/C=C/C(=O)CCCCCCC)[C@H](O)C[C@@H]1O. The normalized spacial score (nSPS) is 26.9. The first-order valence-corrected chi connectivity index (χ1v) is 10.3. The molecule has 3 heteroatoms. The van der Waals surface area contributed by atoms with Crippen LogP contribution in [-0.2, 0) is 4.79 Å². The predicted octanol–water partition coefficient (Wildman–Crippen LogP) is 4.97. The maximum absolute atomic E-state index is 12.0. The van der Waals surface area contributed by atoms with Crippen molar-refractivity contribution in [3.8, 4) is 0 Å². The van der Waals surface area contributed by atoms with Gasteiger partial charge in [0.05, 0.1) is 12.2 Å². The Bertz CT molecular complexity index is 413. The van der Waals surface area contributed by atoms with E-state index in [0.29, 0.717) is 12.8 Å². The molecular formula is C22H38O3. The number of hydrogen-bond donors (Lipinski definition) is 2. The molecule has 0 saturated heterocycles. The molecule has 0 unspecified atom stereocenters. The van der Waals surface area contributed by atoms with Crippen molar-refractivity contribution in [2.75, 3.05) is 0 Å². The number of unbranched alkanes of at least 4 members (excludes halogenated alkanes) is 6. The van der Waals surface area contributed by atoms with Crippen molar-refractivity contribution in [2.24, 2.45) is 11.8 Å². The smallest absolute Gasteiger partial charge is 0.155 e. The maximum Gasteiger partial charge on any atom is 0.155 e. The zero-order valence-electron chi connectivity index (χ0n) is 16.2. The molecule has 1 rings (SSSR count). The molecule has 1 saturated carbocycles. The van der Waals surface area contributed by atoms with Gasteiger partial charge in [-0.05, 0) is 31.3 Å². The highest BCUT2D eigenvalue weighted by atomic mass is 16.3. The first kappa shape index (κ1) is 22.1. The van der Waals surface area contributed by atoms with E-state index in [4.69, 9.17) is 0 Å². The summed E-state index contributed by atoms with van der Waals surface area (Å²) in [6, 6.07) is 0. The topological polar surface area (TPSA) is 57.5 Å². The summed E-state index contributed by atoms with van der Waals surface area (Å²) in [6.45, 7) is 4.36. The molecule has 25 heavy (non-hydrogen) atoms. The average molecular weight is 351 g/mol. The molecule has 144 valence electrons. The lowest BCUT2D eigenvalue weighted by Gasteiger charge is -2.19. The van der Waals surface area contributed by atoms with Crippen molar-refractivity contribution >= 4 is 5.78 Å². The highest BCUT2D eigenvalue weighted by Crippen LogP contribution is 2.36. The van der Waals surface area contributed by atoms with Crippen LogP contribution in [0.5, 0.6) is 0 Å². The molecule has 0 amide bonds. The van der Waals surface area contributed by atoms with Gasteiger partial charge in [-0.3, -0.25) is 4.79 Å². The van der Waals surface area contributed by atoms with Crippen LogP contribution in [0.4, 0.5) is 0 Å². The number of carbonyl (C=O) groups is 1. The van der Waals surface area contributed by atoms with Gasteiger partial charge in [-0.1, -0.05) is 70.6 Å². The second-order valence-corrected chi connectivity index (χ2v) is 7.45. The molecule has 0 bridgehead atoms. The Kier molecular flexibility index (Phi) is 11.8. The van der Waals surface area contributed by atoms with E-state index in [2.05, 4.69) is 26.0 Å². The van der Waals surface area contributed by atoms with Gasteiger partial charge in [0.25, 0.3) is 0 Å². The highest BCUT2D eigenvalue weighted by Gasteiger charge is 2.39. The Hall–Kier alpha value is -0.930. The third kappa shape index (κ3) is 8.82. The fourth-order valence-corrected chi connectivity index (χ4v) is 3.60. The van der Waals surface area contributed by atoms with Gasteiger partial charge in [0.1, 0.15) is 0 Å². The van der Waals surface area contributed by atoms with Crippen LogP contribution in [0.1, 0.15) is 84.5 Å². The van der Waals surface area contributed by atoms with Crippen molar-refractivity contribution in [1.82, 2.24) is 0 Å². The minimum Gasteiger partial charge on any atom is -0.393 e. The van der Waals surface area contributed by atoms with Crippen molar-refractivity contribution in [3.05, 3.63) is 24.3 Å². The van der Waals surface area contributed by atoms with E-state index >= 15 is 0 Å². The Morgan fingerprint density at radius 1 is 0.960 bits per heavy atom. The Morgan fingerprint density at radius 3 is 2.40 bits per heavy atom. The van der Waals surface area contributed by atoms with E-state index in [9.17, 15) is 15.0 Å². The van der Waals surface area contributed by atoms with Crippen LogP contribution < -0.4 is 0 Å². The van der Waals surface area contributed by atoms with Crippen molar-refractivity contribution in [1.29, 1.82) is 0 Å². The number of ketones is 1. The lowest BCUT2D eigenvalue weighted by Crippen LogP contribution is -2.20. The quantitative estimate of drug-likeness (QED) is 0.280. The fraction of sp³-hybridized carbons (Fsp3) is 0.773. The van der Waals surface area contributed by atoms with Gasteiger partial charge in [-0.15, -0.1) is 0 Å². The summed E-state index contributed by atoms with van der Waals surface area (Å²) in [5.74, 6) is 0.0404. The summed E-state index contributed by atoms with van der Waals surface area (Å²) < 4.78 is 0. The lowest BCUT2D eigenvalue weighted by atomic mass is 9.89. The lowest BCUT2D eigenvalue weighted by molar-refractivity contribution is -0.114. The fourth-order valence-electron chi connectivity index (χ4n) is 3.60. The third-order valence-corrected chi connectivity index (χ3v) is 5.25. The molecule has 0 heterocycles. The number of aliphatic hydroxyl groups excluding tert-OH is 2. The van der Waals surface area contributed by atoms with E-state index in [-0.39, 0.29) is 17.6 Å². The first-order valence-electron chi connectivity index (χ1n) is 10.3. The Balaban J connectivity index is 2.43. The van der Waals surface area contributed by atoms with Crippen LogP contribution in [-0.4, -0.2) is 28.2 Å². The second-order valence-electron chi connectivity index (χ2n) is 7.45. The van der Waals surface area contributed by atoms with Crippen LogP contribution >= 0.6 is 0 Å². The van der Waals surface area contributed by atoms with Crippen LogP contribution in [0.25, 0.3) is 0 Å². The third-order valence-electron chi connectivity index (χ3n) is 5.25. The number of hydrogen-bond acceptors (Lipinski definition) is 3. The molecule has 1 aliphatic carbocycles. The molecule has 3 nitrogen and oxygen atoms in total. The summed E-state index contributed by atoms with van der Waals surface area (Å²) >= 11 is 0. The summed E-state index contributed by atoms with van der Waals surface area (Å²) in [5, 5.41) is 20.4. The molecule has 0 aromatic carbocycles. The molecule has 4 atom stereocenters. The van der Waals surface area contributed by atoms with Gasteiger partial charge < -0.3 is 10.2 Å². The van der Waals surface area contributed by atoms with Crippen LogP contribution in [0, 0.1) is 11.8 Å². The van der Waals surface area contributed by atoms with Crippen molar-refractivity contribution in [2.45, 2.75) is 96.7 Å². The van der Waals surface area contributed by atoms with E-state index in [0.717, 1.165) is 25.7 Å². The zero-order valence-corrected chi connectivity index (χ0v) is 16.2. The molecule has 1 aliphatic rings. The van der Waals surface area contributed by atoms with Crippen molar-refractivity contribution < 1.29 is 15.0 Å². The number of allylic oxidation sites excluding steroid dienone is 3. The Morgan fingerprint density at radius 2 is 1.68 bits per heavy atom. The minimum atomic E-state index is -0.544. The molecule has 1 fully saturated rings. The van der Waals surface area contributed by atoms with Gasteiger partial charge in [-0.2, -0.15) is 0 Å². The molecular weight excluding hydrogens is 312 g/mol. The number of carbonyl (C=O) groups excluding carboxylic acids is 1. The number of rotatable bonds is 13. The molecule has 2 N–H and O–H groups in total. The van der Waals surface area contributed by atoms with Gasteiger partial charge in [0.2, 0.25) is 0 Å². The van der Waals surface area contributed by atoms with Gasteiger partial charge in [-0.25, -0.2) is 0 Å². The first-order chi connectivity index (χ1) is 12.1. The second kappa shape index (κ2) is 13.3. The van der Waals surface area contributed by atoms with Crippen LogP contribution in [0.3, 0.4) is 0 Å². The Labute approximate surface area is 154 Å². The van der Waals surface area contributed by atoms with Gasteiger partial charge in [0, 0.05) is 18.8 Å². The van der Waals surface area contributed by atoms with Crippen molar-refractivity contribution in [3.63, 3.8) is 0 Å². The zero-order chi connectivity index (χ0) is 18.5. The van der Waals surface area contributed by atoms with Gasteiger partial charge >= 0.3 is 0 Å². The maximum atomic E-state index is 12.0. The molecule has 0 aromatic heterocycles. The van der Waals surface area contributed by atoms with Crippen LogP contribution in [0.15, 0.2) is 24.3 Å². The summed E-state index contributed by atoms with van der Waals surface area (Å²) in [7, 11) is 0. The molecule has 0 radical (unpaired) electrons. The predicted molar refractivity (Wildman–Crippen MR) is 104 cm³/mol. The highest BCUT2D eigenvalue weighted by molar-refractivity contribution is 5.89. The summed E-state index contributed by atoms with van der Waals surface area (Å²) in [5.41, 5.74) is 0. The largest absolute Gasteiger partial charge is 0.393 e. The van der Waals surface area contributed by atoms with Gasteiger partial charge in [0.15, 0.2) is 5.78 Å². The summed E-state index contributed by atoms with van der Waals surface area (Å²) in [4.78, 5) is 12.0. The average Bonchev–Trinajstić information content (AvgIpc) is 2.85. The molecule has 0 aliphatic heterocycles. The molecule has 0 spiro atoms. The van der Waals surface area contributed by atoms with E-state index in [1.165, 1.54) is 32.1 Å². The van der Waals surface area contributed by atoms with E-state index < -0.39 is 12.2 Å². The standard InChI is InChI=1S/C22H38O3/c1-3-5-7-9-11-13-18(23)15-16-20-19(21(24)17-22(20)25)14-12-10-8-6-4-2/h10,12,15-16,19-22,24-25H,3-9,11,13-14,17H2,1-2H3/b12-10-,16-15+/t19-,20-,21+,22-/m1/s1.